The molecule has 0 saturated heterocycles. The van der Waals surface area contributed by atoms with Gasteiger partial charge in [-0.05, 0) is 26.0 Å². The molecule has 0 unspecified atom stereocenters. The van der Waals surface area contributed by atoms with Gasteiger partial charge in [0, 0.05) is 0 Å². The molecular formula is C11H14N4O. The van der Waals surface area contributed by atoms with E-state index in [1.54, 1.807) is 0 Å². The molecule has 0 aliphatic heterocycles. The van der Waals surface area contributed by atoms with Crippen LogP contribution in [0.5, 0.6) is 5.75 Å². The predicted molar refractivity (Wildman–Crippen MR) is 64.1 cm³/mol. The summed E-state index contributed by atoms with van der Waals surface area (Å²) in [6.45, 7) is 3.90. The van der Waals surface area contributed by atoms with Gasteiger partial charge in [0.25, 0.3) is 0 Å². The van der Waals surface area contributed by atoms with Crippen molar-refractivity contribution in [3.63, 3.8) is 0 Å². The topological polar surface area (TPSA) is 87.0 Å². The summed E-state index contributed by atoms with van der Waals surface area (Å²) in [4.78, 5) is 8.05. The Labute approximate surface area is 93.4 Å². The zero-order valence-corrected chi connectivity index (χ0v) is 9.27. The van der Waals surface area contributed by atoms with E-state index in [2.05, 4.69) is 9.97 Å². The van der Waals surface area contributed by atoms with Gasteiger partial charge >= 0.3 is 0 Å². The number of hydrogen-bond donors (Lipinski definition) is 2. The monoisotopic (exact) mass is 218 g/mol. The molecule has 84 valence electrons. The fraction of sp³-hybridized carbons (Fsp3) is 0.273. The number of nitrogen functional groups attached to an aromatic ring is 2. The lowest BCUT2D eigenvalue weighted by Gasteiger charge is -2.12. The van der Waals surface area contributed by atoms with E-state index in [0.717, 1.165) is 0 Å². The Morgan fingerprint density at radius 1 is 1.19 bits per heavy atom. The molecule has 2 aromatic rings. The Bertz CT molecular complexity index is 525. The molecule has 0 atom stereocenters. The number of rotatable bonds is 2. The van der Waals surface area contributed by atoms with Gasteiger partial charge in [0.1, 0.15) is 11.6 Å². The predicted octanol–water partition coefficient (Wildman–Crippen LogP) is 1.58. The zero-order chi connectivity index (χ0) is 11.7. The fourth-order valence-electron chi connectivity index (χ4n) is 1.55. The Balaban J connectivity index is 2.66. The molecule has 4 N–H and O–H groups in total. The third-order valence-electron chi connectivity index (χ3n) is 2.09. The lowest BCUT2D eigenvalue weighted by Crippen LogP contribution is -2.07. The molecule has 0 aliphatic rings. The lowest BCUT2D eigenvalue weighted by molar-refractivity contribution is 0.245. The molecule has 1 aromatic heterocycles. The molecule has 0 amide bonds. The van der Waals surface area contributed by atoms with Crippen molar-refractivity contribution >= 4 is 22.7 Å². The maximum absolute atomic E-state index is 5.82. The van der Waals surface area contributed by atoms with E-state index in [-0.39, 0.29) is 12.1 Å². The molecule has 0 radical (unpaired) electrons. The molecule has 5 heteroatoms. The SMILES string of the molecule is CC(C)Oc1cccc2nc(N)nc(N)c12. The summed E-state index contributed by atoms with van der Waals surface area (Å²) >= 11 is 0. The van der Waals surface area contributed by atoms with Crippen molar-refractivity contribution < 1.29 is 4.74 Å². The first kappa shape index (κ1) is 10.5. The minimum Gasteiger partial charge on any atom is -0.490 e. The van der Waals surface area contributed by atoms with Crippen LogP contribution in [-0.4, -0.2) is 16.1 Å². The summed E-state index contributed by atoms with van der Waals surface area (Å²) in [7, 11) is 0. The van der Waals surface area contributed by atoms with Crippen LogP contribution in [0.3, 0.4) is 0 Å². The summed E-state index contributed by atoms with van der Waals surface area (Å²) < 4.78 is 5.65. The van der Waals surface area contributed by atoms with Gasteiger partial charge in [-0.1, -0.05) is 6.07 Å². The molecule has 16 heavy (non-hydrogen) atoms. The van der Waals surface area contributed by atoms with Crippen LogP contribution in [0.2, 0.25) is 0 Å². The smallest absolute Gasteiger partial charge is 0.222 e. The maximum Gasteiger partial charge on any atom is 0.222 e. The summed E-state index contributed by atoms with van der Waals surface area (Å²) in [5, 5.41) is 0.713. The van der Waals surface area contributed by atoms with E-state index in [4.69, 9.17) is 16.2 Å². The number of anilines is 2. The Hall–Kier alpha value is -2.04. The second kappa shape index (κ2) is 3.84. The third-order valence-corrected chi connectivity index (χ3v) is 2.09. The van der Waals surface area contributed by atoms with Gasteiger partial charge in [0.05, 0.1) is 17.0 Å². The van der Waals surface area contributed by atoms with Crippen LogP contribution in [-0.2, 0) is 0 Å². The normalized spacial score (nSPS) is 10.9. The average Bonchev–Trinajstić information content (AvgIpc) is 2.15. The van der Waals surface area contributed by atoms with Crippen molar-refractivity contribution in [2.75, 3.05) is 11.5 Å². The number of aromatic nitrogens is 2. The van der Waals surface area contributed by atoms with Crippen LogP contribution in [0.1, 0.15) is 13.8 Å². The minimum absolute atomic E-state index is 0.0718. The molecule has 0 aliphatic carbocycles. The van der Waals surface area contributed by atoms with E-state index >= 15 is 0 Å². The van der Waals surface area contributed by atoms with Gasteiger partial charge in [-0.3, -0.25) is 0 Å². The first-order chi connectivity index (χ1) is 7.58. The molecule has 2 rings (SSSR count). The van der Waals surface area contributed by atoms with Gasteiger partial charge in [-0.2, -0.15) is 4.98 Å². The Morgan fingerprint density at radius 2 is 1.94 bits per heavy atom. The molecule has 0 saturated carbocycles. The number of nitrogens with two attached hydrogens (primary N) is 2. The average molecular weight is 218 g/mol. The van der Waals surface area contributed by atoms with Crippen LogP contribution >= 0.6 is 0 Å². The van der Waals surface area contributed by atoms with Gasteiger partial charge in [-0.25, -0.2) is 4.98 Å². The standard InChI is InChI=1S/C11H14N4O/c1-6(2)16-8-5-3-4-7-9(8)10(12)15-11(13)14-7/h3-6H,1-2H3,(H4,12,13,14,15). The number of fused-ring (bicyclic) bond motifs is 1. The highest BCUT2D eigenvalue weighted by Crippen LogP contribution is 2.29. The molecule has 0 bridgehead atoms. The van der Waals surface area contributed by atoms with Crippen LogP contribution < -0.4 is 16.2 Å². The molecule has 0 spiro atoms. The molecule has 1 heterocycles. The highest BCUT2D eigenvalue weighted by Gasteiger charge is 2.10. The van der Waals surface area contributed by atoms with E-state index < -0.39 is 0 Å². The van der Waals surface area contributed by atoms with Crippen molar-refractivity contribution in [2.24, 2.45) is 0 Å². The Morgan fingerprint density at radius 3 is 2.62 bits per heavy atom. The second-order valence-corrected chi connectivity index (χ2v) is 3.78. The summed E-state index contributed by atoms with van der Waals surface area (Å²) in [6.07, 6.45) is 0.0718. The van der Waals surface area contributed by atoms with Crippen molar-refractivity contribution in [3.05, 3.63) is 18.2 Å². The number of nitrogens with zero attached hydrogens (tertiary/aromatic N) is 2. The van der Waals surface area contributed by atoms with Crippen LogP contribution in [0, 0.1) is 0 Å². The minimum atomic E-state index is 0.0718. The highest BCUT2D eigenvalue weighted by atomic mass is 16.5. The highest BCUT2D eigenvalue weighted by molar-refractivity contribution is 5.94. The molecule has 1 aromatic carbocycles. The van der Waals surface area contributed by atoms with Crippen molar-refractivity contribution in [3.8, 4) is 5.75 Å². The van der Waals surface area contributed by atoms with Gasteiger partial charge in [0.15, 0.2) is 0 Å². The zero-order valence-electron chi connectivity index (χ0n) is 9.27. The quantitative estimate of drug-likeness (QED) is 0.799. The van der Waals surface area contributed by atoms with Crippen molar-refractivity contribution in [1.29, 1.82) is 0 Å². The first-order valence-electron chi connectivity index (χ1n) is 5.06. The largest absolute Gasteiger partial charge is 0.490 e. The first-order valence-corrected chi connectivity index (χ1v) is 5.06. The second-order valence-electron chi connectivity index (χ2n) is 3.78. The van der Waals surface area contributed by atoms with E-state index in [1.165, 1.54) is 0 Å². The molecule has 0 fully saturated rings. The van der Waals surface area contributed by atoms with Crippen LogP contribution in [0.15, 0.2) is 18.2 Å². The Kier molecular flexibility index (Phi) is 2.52. The van der Waals surface area contributed by atoms with E-state index in [9.17, 15) is 0 Å². The number of hydrogen-bond acceptors (Lipinski definition) is 5. The molecule has 5 nitrogen and oxygen atoms in total. The van der Waals surface area contributed by atoms with Crippen LogP contribution in [0.4, 0.5) is 11.8 Å². The summed E-state index contributed by atoms with van der Waals surface area (Å²) in [5.74, 6) is 1.20. The van der Waals surface area contributed by atoms with Crippen LogP contribution in [0.25, 0.3) is 10.9 Å². The van der Waals surface area contributed by atoms with Gasteiger partial charge < -0.3 is 16.2 Å². The number of ether oxygens (including phenoxy) is 1. The summed E-state index contributed by atoms with van der Waals surface area (Å²) in [6, 6.07) is 5.53. The van der Waals surface area contributed by atoms with Gasteiger partial charge in [-0.15, -0.1) is 0 Å². The van der Waals surface area contributed by atoms with Gasteiger partial charge in [0.2, 0.25) is 5.95 Å². The molecular weight excluding hydrogens is 204 g/mol. The fourth-order valence-corrected chi connectivity index (χ4v) is 1.55. The lowest BCUT2D eigenvalue weighted by atomic mass is 10.2. The van der Waals surface area contributed by atoms with Crippen molar-refractivity contribution in [2.45, 2.75) is 20.0 Å². The maximum atomic E-state index is 5.82. The van der Waals surface area contributed by atoms with E-state index in [1.807, 2.05) is 32.0 Å². The third kappa shape index (κ3) is 1.84. The van der Waals surface area contributed by atoms with E-state index in [0.29, 0.717) is 22.5 Å². The van der Waals surface area contributed by atoms with Crippen molar-refractivity contribution in [1.82, 2.24) is 9.97 Å². The number of benzene rings is 1. The summed E-state index contributed by atoms with van der Waals surface area (Å²) in [5.41, 5.74) is 12.1.